The topological polar surface area (TPSA) is 63.3 Å². The summed E-state index contributed by atoms with van der Waals surface area (Å²) in [5.41, 5.74) is 3.45. The van der Waals surface area contributed by atoms with Crippen LogP contribution < -0.4 is 5.63 Å². The summed E-state index contributed by atoms with van der Waals surface area (Å²) < 4.78 is 5.34. The molecule has 0 saturated heterocycles. The Kier molecular flexibility index (Phi) is 4.70. The van der Waals surface area contributed by atoms with E-state index in [9.17, 15) is 9.90 Å². The molecular weight excluding hydrogens is 314 g/mol. The van der Waals surface area contributed by atoms with Gasteiger partial charge in [0.25, 0.3) is 0 Å². The van der Waals surface area contributed by atoms with Crippen LogP contribution in [0.1, 0.15) is 48.6 Å². The van der Waals surface area contributed by atoms with E-state index in [0.717, 1.165) is 17.5 Å². The van der Waals surface area contributed by atoms with Crippen molar-refractivity contribution >= 4 is 22.9 Å². The molecule has 1 aromatic heterocycles. The summed E-state index contributed by atoms with van der Waals surface area (Å²) in [6.45, 7) is 6.24. The number of aryl methyl sites for hydroxylation is 1. The highest BCUT2D eigenvalue weighted by atomic mass is 16.4. The van der Waals surface area contributed by atoms with E-state index in [1.54, 1.807) is 18.2 Å². The third-order valence-corrected chi connectivity index (χ3v) is 4.44. The zero-order valence-electron chi connectivity index (χ0n) is 14.6. The van der Waals surface area contributed by atoms with Crippen LogP contribution in [0.15, 0.2) is 51.7 Å². The van der Waals surface area contributed by atoms with Gasteiger partial charge in [0.05, 0.1) is 0 Å². The Balaban J connectivity index is 2.05. The normalized spacial score (nSPS) is 13.2. The zero-order valence-corrected chi connectivity index (χ0v) is 14.6. The first-order chi connectivity index (χ1) is 12.0. The Morgan fingerprint density at radius 1 is 1.24 bits per heavy atom. The second-order valence-electron chi connectivity index (χ2n) is 6.32. The molecule has 3 rings (SSSR count). The first kappa shape index (κ1) is 17.0. The van der Waals surface area contributed by atoms with E-state index in [4.69, 9.17) is 4.42 Å². The number of aliphatic hydroxyl groups is 1. The third-order valence-electron chi connectivity index (χ3n) is 4.44. The summed E-state index contributed by atoms with van der Waals surface area (Å²) in [5, 5.41) is 10.3. The molecule has 0 fully saturated rings. The Bertz CT molecular complexity index is 984. The van der Waals surface area contributed by atoms with Crippen molar-refractivity contribution in [3.05, 3.63) is 75.3 Å². The molecule has 0 saturated carbocycles. The zero-order chi connectivity index (χ0) is 18.0. The highest BCUT2D eigenvalue weighted by Gasteiger charge is 2.10. The van der Waals surface area contributed by atoms with Gasteiger partial charge in [-0.25, -0.2) is 9.78 Å². The minimum absolute atomic E-state index is 0.0165. The Hall–Kier alpha value is -2.88. The molecule has 1 N–H and O–H groups in total. The molecule has 2 aromatic carbocycles. The van der Waals surface area contributed by atoms with Gasteiger partial charge in [0, 0.05) is 11.6 Å². The number of nitrogens with zero attached hydrogens (tertiary/aromatic N) is 1. The molecular formula is C21H21NO3. The summed E-state index contributed by atoms with van der Waals surface area (Å²) in [4.78, 5) is 16.5. The fourth-order valence-corrected chi connectivity index (χ4v) is 2.61. The second-order valence-corrected chi connectivity index (χ2v) is 6.32. The highest BCUT2D eigenvalue weighted by molar-refractivity contribution is 5.78. The van der Waals surface area contributed by atoms with Gasteiger partial charge >= 0.3 is 5.63 Å². The molecule has 3 aromatic rings. The van der Waals surface area contributed by atoms with Crippen molar-refractivity contribution in [1.82, 2.24) is 4.98 Å². The van der Waals surface area contributed by atoms with Crippen molar-refractivity contribution in [3.63, 3.8) is 0 Å². The minimum atomic E-state index is -0.567. The minimum Gasteiger partial charge on any atom is -0.507 e. The number of benzene rings is 2. The highest BCUT2D eigenvalue weighted by Crippen LogP contribution is 2.23. The van der Waals surface area contributed by atoms with Crippen LogP contribution >= 0.6 is 0 Å². The van der Waals surface area contributed by atoms with Crippen molar-refractivity contribution in [1.29, 1.82) is 0 Å². The fraction of sp³-hybridized carbons (Fsp3) is 0.238. The van der Waals surface area contributed by atoms with E-state index in [0.29, 0.717) is 22.6 Å². The van der Waals surface area contributed by atoms with E-state index >= 15 is 0 Å². The first-order valence-corrected chi connectivity index (χ1v) is 8.40. The number of aliphatic hydroxyl groups excluding tert-OH is 1. The Morgan fingerprint density at radius 2 is 1.96 bits per heavy atom. The largest absolute Gasteiger partial charge is 0.507 e. The molecule has 0 unspecified atom stereocenters. The summed E-state index contributed by atoms with van der Waals surface area (Å²) in [7, 11) is 0. The molecule has 0 spiro atoms. The molecule has 1 atom stereocenters. The predicted molar refractivity (Wildman–Crippen MR) is 101 cm³/mol. The standard InChI is InChI=1S/C21H21NO3/c1-4-14(3)16-9-10-20-17(11-16)22-18(21(24)25-20)12-19(23)15-7-5-13(2)6-8-15/h5-12,14,23H,4H2,1-3H3/t14-/m1/s1. The van der Waals surface area contributed by atoms with E-state index in [1.165, 1.54) is 6.08 Å². The molecule has 0 aliphatic carbocycles. The van der Waals surface area contributed by atoms with E-state index < -0.39 is 5.63 Å². The molecule has 0 radical (unpaired) electrons. The van der Waals surface area contributed by atoms with Crippen LogP contribution in [0.4, 0.5) is 0 Å². The fourth-order valence-electron chi connectivity index (χ4n) is 2.61. The smallest absolute Gasteiger partial charge is 0.362 e. The lowest BCUT2D eigenvalue weighted by molar-refractivity contribution is 0.514. The van der Waals surface area contributed by atoms with E-state index in [1.807, 2.05) is 31.2 Å². The Morgan fingerprint density at radius 3 is 2.64 bits per heavy atom. The van der Waals surface area contributed by atoms with Crippen molar-refractivity contribution in [2.24, 2.45) is 0 Å². The van der Waals surface area contributed by atoms with E-state index in [-0.39, 0.29) is 11.5 Å². The summed E-state index contributed by atoms with van der Waals surface area (Å²) >= 11 is 0. The van der Waals surface area contributed by atoms with Gasteiger partial charge in [-0.05, 0) is 37.0 Å². The number of hydrogen-bond donors (Lipinski definition) is 1. The average Bonchev–Trinajstić information content (AvgIpc) is 2.61. The molecule has 0 bridgehead atoms. The van der Waals surface area contributed by atoms with Gasteiger partial charge in [-0.1, -0.05) is 49.7 Å². The van der Waals surface area contributed by atoms with E-state index in [2.05, 4.69) is 18.8 Å². The van der Waals surface area contributed by atoms with Gasteiger partial charge in [-0.2, -0.15) is 0 Å². The van der Waals surface area contributed by atoms with Gasteiger partial charge in [0.1, 0.15) is 11.3 Å². The lowest BCUT2D eigenvalue weighted by Gasteiger charge is -2.09. The molecule has 4 nitrogen and oxygen atoms in total. The van der Waals surface area contributed by atoms with Crippen LogP contribution in [0, 0.1) is 6.92 Å². The van der Waals surface area contributed by atoms with Crippen LogP contribution in [0.5, 0.6) is 0 Å². The lowest BCUT2D eigenvalue weighted by Crippen LogP contribution is -2.07. The van der Waals surface area contributed by atoms with Gasteiger partial charge < -0.3 is 9.52 Å². The molecule has 0 aliphatic rings. The number of aromatic nitrogens is 1. The summed E-state index contributed by atoms with van der Waals surface area (Å²) in [5.74, 6) is 0.385. The monoisotopic (exact) mass is 335 g/mol. The molecule has 128 valence electrons. The van der Waals surface area contributed by atoms with Crippen molar-refractivity contribution in [3.8, 4) is 0 Å². The van der Waals surface area contributed by atoms with Crippen LogP contribution in [0.25, 0.3) is 22.9 Å². The maximum Gasteiger partial charge on any atom is 0.362 e. The van der Waals surface area contributed by atoms with Crippen LogP contribution in [0.3, 0.4) is 0 Å². The van der Waals surface area contributed by atoms with Crippen molar-refractivity contribution in [2.45, 2.75) is 33.1 Å². The molecule has 25 heavy (non-hydrogen) atoms. The maximum absolute atomic E-state index is 12.1. The quantitative estimate of drug-likeness (QED) is 0.676. The first-order valence-electron chi connectivity index (χ1n) is 8.40. The number of hydrogen-bond acceptors (Lipinski definition) is 4. The molecule has 0 aliphatic heterocycles. The van der Waals surface area contributed by atoms with Gasteiger partial charge in [-0.15, -0.1) is 0 Å². The van der Waals surface area contributed by atoms with Crippen molar-refractivity contribution < 1.29 is 9.52 Å². The predicted octanol–water partition coefficient (Wildman–Crippen LogP) is 5.07. The summed E-state index contributed by atoms with van der Waals surface area (Å²) in [6, 6.07) is 13.1. The van der Waals surface area contributed by atoms with Gasteiger partial charge in [-0.3, -0.25) is 0 Å². The maximum atomic E-state index is 12.1. The van der Waals surface area contributed by atoms with Gasteiger partial charge in [0.2, 0.25) is 0 Å². The van der Waals surface area contributed by atoms with Crippen LogP contribution in [-0.4, -0.2) is 10.1 Å². The van der Waals surface area contributed by atoms with Crippen molar-refractivity contribution in [2.75, 3.05) is 0 Å². The van der Waals surface area contributed by atoms with Gasteiger partial charge in [0.15, 0.2) is 11.3 Å². The average molecular weight is 335 g/mol. The van der Waals surface area contributed by atoms with Crippen LogP contribution in [0.2, 0.25) is 0 Å². The Labute approximate surface area is 146 Å². The number of rotatable bonds is 4. The lowest BCUT2D eigenvalue weighted by atomic mass is 9.98. The third kappa shape index (κ3) is 3.63. The SMILES string of the molecule is CC[C@@H](C)c1ccc2oc(=O)c(C=C(O)c3ccc(C)cc3)nc2c1. The second kappa shape index (κ2) is 6.93. The van der Waals surface area contributed by atoms with Crippen LogP contribution in [-0.2, 0) is 0 Å². The molecule has 1 heterocycles. The number of fused-ring (bicyclic) bond motifs is 1. The molecule has 4 heteroatoms. The summed E-state index contributed by atoms with van der Waals surface area (Å²) in [6.07, 6.45) is 2.37. The molecule has 0 amide bonds.